The molecule has 2 aliphatic carbocycles. The van der Waals surface area contributed by atoms with Crippen molar-refractivity contribution in [3.8, 4) is 0 Å². The summed E-state index contributed by atoms with van der Waals surface area (Å²) in [7, 11) is -3.54. The Balaban J connectivity index is 1.55. The zero-order chi connectivity index (χ0) is 19.9. The number of sulfonamides is 1. The first kappa shape index (κ1) is 19.5. The smallest absolute Gasteiger partial charge is 0.263 e. The number of nitrogens with one attached hydrogen (secondary N) is 2. The van der Waals surface area contributed by atoms with Crippen LogP contribution in [0.1, 0.15) is 69.6 Å². The van der Waals surface area contributed by atoms with Gasteiger partial charge in [-0.05, 0) is 62.8 Å². The highest BCUT2D eigenvalue weighted by Gasteiger charge is 2.29. The molecule has 2 aromatic rings. The minimum atomic E-state index is -3.54. The van der Waals surface area contributed by atoms with E-state index in [4.69, 9.17) is 0 Å². The van der Waals surface area contributed by atoms with Crippen LogP contribution in [0.15, 0.2) is 23.1 Å². The summed E-state index contributed by atoms with van der Waals surface area (Å²) >= 11 is 1.38. The zero-order valence-electron chi connectivity index (χ0n) is 16.1. The van der Waals surface area contributed by atoms with Gasteiger partial charge in [0.1, 0.15) is 4.88 Å². The third-order valence-corrected chi connectivity index (χ3v) is 8.19. The van der Waals surface area contributed by atoms with Crippen LogP contribution in [0.2, 0.25) is 0 Å². The molecule has 2 aliphatic rings. The molecule has 6 nitrogen and oxygen atoms in total. The Kier molecular flexibility index (Phi) is 5.28. The number of hydrogen-bond donors (Lipinski definition) is 2. The normalized spacial score (nSPS) is 19.7. The molecule has 0 aliphatic heterocycles. The predicted molar refractivity (Wildman–Crippen MR) is 109 cm³/mol. The molecule has 150 valence electrons. The number of benzene rings is 1. The van der Waals surface area contributed by atoms with Crippen LogP contribution in [-0.2, 0) is 16.4 Å². The van der Waals surface area contributed by atoms with Crippen molar-refractivity contribution in [3.63, 3.8) is 0 Å². The SMILES string of the molecule is Cc1nc(C)c(C(=O)NC2CCc3ccc(S(=O)(=O)NC4CCCC4)cc32)s1. The molecule has 0 saturated heterocycles. The van der Waals surface area contributed by atoms with Crippen LogP contribution in [-0.4, -0.2) is 25.4 Å². The van der Waals surface area contributed by atoms with Gasteiger partial charge in [-0.25, -0.2) is 18.1 Å². The van der Waals surface area contributed by atoms with Crippen molar-refractivity contribution < 1.29 is 13.2 Å². The third kappa shape index (κ3) is 3.86. The summed E-state index contributed by atoms with van der Waals surface area (Å²) in [6.45, 7) is 3.72. The molecule has 1 saturated carbocycles. The predicted octanol–water partition coefficient (Wildman–Crippen LogP) is 3.40. The number of fused-ring (bicyclic) bond motifs is 1. The van der Waals surface area contributed by atoms with Gasteiger partial charge in [0, 0.05) is 6.04 Å². The minimum absolute atomic E-state index is 0.0336. The maximum absolute atomic E-state index is 12.8. The van der Waals surface area contributed by atoms with Crippen molar-refractivity contribution in [2.24, 2.45) is 0 Å². The van der Waals surface area contributed by atoms with Crippen LogP contribution in [0, 0.1) is 13.8 Å². The number of thiazole rings is 1. The highest BCUT2D eigenvalue weighted by molar-refractivity contribution is 7.89. The lowest BCUT2D eigenvalue weighted by atomic mass is 10.1. The fraction of sp³-hybridized carbons (Fsp3) is 0.500. The van der Waals surface area contributed by atoms with Crippen molar-refractivity contribution in [1.82, 2.24) is 15.0 Å². The van der Waals surface area contributed by atoms with E-state index in [0.29, 0.717) is 4.88 Å². The lowest BCUT2D eigenvalue weighted by molar-refractivity contribution is 0.0940. The summed E-state index contributed by atoms with van der Waals surface area (Å²) in [6, 6.07) is 5.15. The molecule has 0 spiro atoms. The first-order valence-electron chi connectivity index (χ1n) is 9.73. The Morgan fingerprint density at radius 3 is 2.61 bits per heavy atom. The standard InChI is InChI=1S/C20H25N3O3S2/c1-12-19(27-13(2)21-12)20(24)22-18-10-8-14-7-9-16(11-17(14)18)28(25,26)23-15-5-3-4-6-15/h7,9,11,15,18,23H,3-6,8,10H2,1-2H3,(H,22,24). The number of aromatic nitrogens is 1. The molecule has 1 heterocycles. The van der Waals surface area contributed by atoms with E-state index in [1.807, 2.05) is 19.9 Å². The Labute approximate surface area is 169 Å². The Hall–Kier alpha value is -1.77. The molecular weight excluding hydrogens is 394 g/mol. The molecule has 1 aromatic heterocycles. The first-order valence-corrected chi connectivity index (χ1v) is 12.0. The van der Waals surface area contributed by atoms with Crippen LogP contribution in [0.3, 0.4) is 0 Å². The molecule has 1 unspecified atom stereocenters. The summed E-state index contributed by atoms with van der Waals surface area (Å²) in [6.07, 6.45) is 5.55. The molecule has 1 atom stereocenters. The topological polar surface area (TPSA) is 88.2 Å². The van der Waals surface area contributed by atoms with Gasteiger partial charge in [-0.3, -0.25) is 4.79 Å². The second-order valence-electron chi connectivity index (χ2n) is 7.68. The number of carbonyl (C=O) groups excluding carboxylic acids is 1. The van der Waals surface area contributed by atoms with Gasteiger partial charge in [0.25, 0.3) is 5.91 Å². The number of rotatable bonds is 5. The number of carbonyl (C=O) groups is 1. The monoisotopic (exact) mass is 419 g/mol. The summed E-state index contributed by atoms with van der Waals surface area (Å²) < 4.78 is 28.4. The van der Waals surface area contributed by atoms with Crippen LogP contribution in [0.4, 0.5) is 0 Å². The highest BCUT2D eigenvalue weighted by Crippen LogP contribution is 2.34. The van der Waals surface area contributed by atoms with Crippen LogP contribution >= 0.6 is 11.3 Å². The first-order chi connectivity index (χ1) is 13.3. The number of hydrogen-bond acceptors (Lipinski definition) is 5. The van der Waals surface area contributed by atoms with E-state index in [-0.39, 0.29) is 22.9 Å². The van der Waals surface area contributed by atoms with E-state index in [0.717, 1.165) is 60.4 Å². The van der Waals surface area contributed by atoms with Gasteiger partial charge in [-0.1, -0.05) is 18.9 Å². The van der Waals surface area contributed by atoms with E-state index >= 15 is 0 Å². The Morgan fingerprint density at radius 2 is 1.93 bits per heavy atom. The molecule has 28 heavy (non-hydrogen) atoms. The van der Waals surface area contributed by atoms with E-state index < -0.39 is 10.0 Å². The average Bonchev–Trinajstić information content (AvgIpc) is 3.35. The molecule has 1 fully saturated rings. The van der Waals surface area contributed by atoms with E-state index in [9.17, 15) is 13.2 Å². The number of aryl methyl sites for hydroxylation is 3. The van der Waals surface area contributed by atoms with Crippen molar-refractivity contribution in [2.45, 2.75) is 69.4 Å². The lowest BCUT2D eigenvalue weighted by Crippen LogP contribution is -2.33. The van der Waals surface area contributed by atoms with Gasteiger partial charge in [-0.15, -0.1) is 11.3 Å². The summed E-state index contributed by atoms with van der Waals surface area (Å²) in [5, 5.41) is 3.94. The van der Waals surface area contributed by atoms with Crippen LogP contribution in [0.25, 0.3) is 0 Å². The van der Waals surface area contributed by atoms with E-state index in [2.05, 4.69) is 15.0 Å². The minimum Gasteiger partial charge on any atom is -0.344 e. The van der Waals surface area contributed by atoms with Crippen LogP contribution in [0.5, 0.6) is 0 Å². The van der Waals surface area contributed by atoms with Crippen molar-refractivity contribution in [1.29, 1.82) is 0 Å². The molecule has 0 bridgehead atoms. The van der Waals surface area contributed by atoms with Gasteiger partial charge >= 0.3 is 0 Å². The highest BCUT2D eigenvalue weighted by atomic mass is 32.2. The molecule has 8 heteroatoms. The molecule has 2 N–H and O–H groups in total. The van der Waals surface area contributed by atoms with Gasteiger partial charge < -0.3 is 5.32 Å². The fourth-order valence-electron chi connectivity index (χ4n) is 4.19. The van der Waals surface area contributed by atoms with E-state index in [1.165, 1.54) is 11.3 Å². The van der Waals surface area contributed by atoms with Gasteiger partial charge in [-0.2, -0.15) is 0 Å². The molecular formula is C20H25N3O3S2. The molecule has 1 amide bonds. The average molecular weight is 420 g/mol. The van der Waals surface area contributed by atoms with Gasteiger partial charge in [0.15, 0.2) is 0 Å². The quantitative estimate of drug-likeness (QED) is 0.777. The molecule has 0 radical (unpaired) electrons. The maximum Gasteiger partial charge on any atom is 0.263 e. The number of amides is 1. The van der Waals surface area contributed by atoms with Crippen molar-refractivity contribution >= 4 is 27.3 Å². The zero-order valence-corrected chi connectivity index (χ0v) is 17.8. The van der Waals surface area contributed by atoms with E-state index in [1.54, 1.807) is 12.1 Å². The fourth-order valence-corrected chi connectivity index (χ4v) is 6.36. The van der Waals surface area contributed by atoms with Gasteiger partial charge in [0.2, 0.25) is 10.0 Å². The largest absolute Gasteiger partial charge is 0.344 e. The Bertz CT molecular complexity index is 1010. The van der Waals surface area contributed by atoms with Crippen molar-refractivity contribution in [2.75, 3.05) is 0 Å². The lowest BCUT2D eigenvalue weighted by Gasteiger charge is -2.16. The second-order valence-corrected chi connectivity index (χ2v) is 10.6. The number of nitrogens with zero attached hydrogens (tertiary/aromatic N) is 1. The van der Waals surface area contributed by atoms with Gasteiger partial charge in [0.05, 0.1) is 21.6 Å². The summed E-state index contributed by atoms with van der Waals surface area (Å²) in [5.74, 6) is -0.140. The summed E-state index contributed by atoms with van der Waals surface area (Å²) in [5.41, 5.74) is 2.74. The summed E-state index contributed by atoms with van der Waals surface area (Å²) in [4.78, 5) is 17.9. The maximum atomic E-state index is 12.8. The third-order valence-electron chi connectivity index (χ3n) is 5.60. The van der Waals surface area contributed by atoms with Crippen molar-refractivity contribution in [3.05, 3.63) is 44.9 Å². The molecule has 1 aromatic carbocycles. The Morgan fingerprint density at radius 1 is 1.18 bits per heavy atom. The van der Waals surface area contributed by atoms with Crippen LogP contribution < -0.4 is 10.0 Å². The molecule has 4 rings (SSSR count). The second kappa shape index (κ2) is 7.57.